The molecule has 0 heterocycles. The van der Waals surface area contributed by atoms with E-state index in [2.05, 4.69) is 21.1 Å². The summed E-state index contributed by atoms with van der Waals surface area (Å²) in [6.45, 7) is 0. The molecular weight excluding hydrogens is 455 g/mol. The van der Waals surface area contributed by atoms with Crippen molar-refractivity contribution in [2.45, 2.75) is 0 Å². The maximum atomic E-state index is 11.1. The molecule has 0 radical (unpaired) electrons. The molecule has 0 spiro atoms. The van der Waals surface area contributed by atoms with Crippen LogP contribution in [0.5, 0.6) is 0 Å². The Morgan fingerprint density at radius 1 is 0.688 bits per heavy atom. The lowest BCUT2D eigenvalue weighted by molar-refractivity contribution is 0.0686. The number of carbonyl (C=O) groups is 2. The fourth-order valence-electron chi connectivity index (χ4n) is 2.51. The molecule has 0 atom stereocenters. The zero-order valence-electron chi connectivity index (χ0n) is 16.3. The summed E-state index contributed by atoms with van der Waals surface area (Å²) in [5.41, 5.74) is 7.97. The van der Waals surface area contributed by atoms with Gasteiger partial charge in [-0.1, -0.05) is 47.5 Å². The fourth-order valence-corrected chi connectivity index (χ4v) is 2.83. The number of carboxylic acid groups (broad SMARTS) is 2. The predicted molar refractivity (Wildman–Crippen MR) is 126 cm³/mol. The predicted octanol–water partition coefficient (Wildman–Crippen LogP) is 5.28. The van der Waals surface area contributed by atoms with E-state index in [1.54, 1.807) is 36.7 Å². The number of hydrogen-bond donors (Lipinski definition) is 4. The third-order valence-corrected chi connectivity index (χ3v) is 4.82. The Balaban J connectivity index is 1.61. The topological polar surface area (TPSA) is 123 Å². The highest BCUT2D eigenvalue weighted by Crippen LogP contribution is 2.24. The van der Waals surface area contributed by atoms with Crippen LogP contribution in [0.3, 0.4) is 0 Å². The minimum Gasteiger partial charge on any atom is -0.478 e. The summed E-state index contributed by atoms with van der Waals surface area (Å²) in [4.78, 5) is 22.1. The number of aromatic carboxylic acids is 2. The van der Waals surface area contributed by atoms with Crippen molar-refractivity contribution in [3.8, 4) is 0 Å². The summed E-state index contributed by atoms with van der Waals surface area (Å²) >= 11 is 12.1. The zero-order chi connectivity index (χ0) is 23.1. The highest BCUT2D eigenvalue weighted by molar-refractivity contribution is 6.33. The first-order chi connectivity index (χ1) is 15.3. The van der Waals surface area contributed by atoms with Crippen molar-refractivity contribution in [1.82, 2.24) is 0 Å². The molecular formula is C22H16Cl2N4O4. The smallest absolute Gasteiger partial charge is 0.335 e. The van der Waals surface area contributed by atoms with Crippen LogP contribution >= 0.6 is 23.2 Å². The minimum atomic E-state index is -1.06. The van der Waals surface area contributed by atoms with Crippen LogP contribution in [0, 0.1) is 0 Å². The summed E-state index contributed by atoms with van der Waals surface area (Å²) in [5, 5.41) is 26.9. The molecule has 0 unspecified atom stereocenters. The standard InChI is InChI=1S/C22H16Cl2N4O4/c23-17-7-5-15(21(29)30)9-19(17)27-25-11-13-1-2-14(4-3-13)12-26-28-20-10-16(22(31)32)6-8-18(20)24/h1-12,27-28H,(H,29,30)(H,31,32)/b25-11+,26-12+. The van der Waals surface area contributed by atoms with Crippen LogP contribution in [-0.4, -0.2) is 34.6 Å². The van der Waals surface area contributed by atoms with Gasteiger partial charge in [0.25, 0.3) is 0 Å². The van der Waals surface area contributed by atoms with Gasteiger partial charge in [0, 0.05) is 0 Å². The van der Waals surface area contributed by atoms with Crippen molar-refractivity contribution in [3.05, 3.63) is 93.0 Å². The quantitative estimate of drug-likeness (QED) is 0.262. The summed E-state index contributed by atoms with van der Waals surface area (Å²) in [6.07, 6.45) is 3.11. The second-order valence-corrected chi connectivity index (χ2v) is 7.22. The minimum absolute atomic E-state index is 0.0975. The summed E-state index contributed by atoms with van der Waals surface area (Å²) in [7, 11) is 0. The largest absolute Gasteiger partial charge is 0.478 e. The highest BCUT2D eigenvalue weighted by Gasteiger charge is 2.07. The third kappa shape index (κ3) is 6.07. The molecule has 3 rings (SSSR count). The molecule has 8 nitrogen and oxygen atoms in total. The van der Waals surface area contributed by atoms with E-state index in [1.807, 2.05) is 0 Å². The summed E-state index contributed by atoms with van der Waals surface area (Å²) < 4.78 is 0. The van der Waals surface area contributed by atoms with Crippen LogP contribution in [0.4, 0.5) is 11.4 Å². The van der Waals surface area contributed by atoms with Crippen LogP contribution in [0.25, 0.3) is 0 Å². The second-order valence-electron chi connectivity index (χ2n) is 6.41. The van der Waals surface area contributed by atoms with Gasteiger partial charge in [0.05, 0.1) is 45.0 Å². The fraction of sp³-hybridized carbons (Fsp3) is 0. The Morgan fingerprint density at radius 3 is 1.41 bits per heavy atom. The third-order valence-electron chi connectivity index (χ3n) is 4.16. The van der Waals surface area contributed by atoms with Crippen molar-refractivity contribution in [3.63, 3.8) is 0 Å². The van der Waals surface area contributed by atoms with Crippen molar-refractivity contribution in [1.29, 1.82) is 0 Å². The Hall–Kier alpha value is -3.88. The maximum Gasteiger partial charge on any atom is 0.335 e. The molecule has 0 amide bonds. The maximum absolute atomic E-state index is 11.1. The summed E-state index contributed by atoms with van der Waals surface area (Å²) in [5.74, 6) is -2.12. The summed E-state index contributed by atoms with van der Waals surface area (Å²) in [6, 6.07) is 15.8. The van der Waals surface area contributed by atoms with Crippen LogP contribution < -0.4 is 10.9 Å². The van der Waals surface area contributed by atoms with Gasteiger partial charge in [0.15, 0.2) is 0 Å². The average Bonchev–Trinajstić information content (AvgIpc) is 2.77. The molecule has 3 aromatic carbocycles. The van der Waals surface area contributed by atoms with E-state index in [4.69, 9.17) is 33.4 Å². The van der Waals surface area contributed by atoms with Crippen LogP contribution in [0.2, 0.25) is 10.0 Å². The van der Waals surface area contributed by atoms with Crippen LogP contribution in [-0.2, 0) is 0 Å². The van der Waals surface area contributed by atoms with Crippen molar-refractivity contribution in [2.75, 3.05) is 10.9 Å². The van der Waals surface area contributed by atoms with E-state index >= 15 is 0 Å². The molecule has 0 fully saturated rings. The zero-order valence-corrected chi connectivity index (χ0v) is 17.8. The van der Waals surface area contributed by atoms with Crippen LogP contribution in [0.1, 0.15) is 31.8 Å². The Labute approximate surface area is 192 Å². The van der Waals surface area contributed by atoms with Gasteiger partial charge < -0.3 is 10.2 Å². The first-order valence-corrected chi connectivity index (χ1v) is 9.83. The Bertz CT molecular complexity index is 1120. The molecule has 0 saturated heterocycles. The van der Waals surface area contributed by atoms with Gasteiger partial charge >= 0.3 is 11.9 Å². The Morgan fingerprint density at radius 2 is 1.06 bits per heavy atom. The van der Waals surface area contributed by atoms with Crippen molar-refractivity contribution in [2.24, 2.45) is 10.2 Å². The van der Waals surface area contributed by atoms with Gasteiger partial charge in [0.2, 0.25) is 0 Å². The SMILES string of the molecule is O=C(O)c1ccc(Cl)c(N/N=C/c2ccc(/C=N/Nc3cc(C(=O)O)ccc3Cl)cc2)c1. The van der Waals surface area contributed by atoms with Crippen molar-refractivity contribution < 1.29 is 19.8 Å². The normalized spacial score (nSPS) is 11.1. The lowest BCUT2D eigenvalue weighted by atomic mass is 10.2. The molecule has 4 N–H and O–H groups in total. The number of hydrogen-bond acceptors (Lipinski definition) is 6. The van der Waals surface area contributed by atoms with E-state index < -0.39 is 11.9 Å². The number of anilines is 2. The monoisotopic (exact) mass is 470 g/mol. The van der Waals surface area contributed by atoms with E-state index in [9.17, 15) is 9.59 Å². The van der Waals surface area contributed by atoms with Gasteiger partial charge in [0.1, 0.15) is 0 Å². The molecule has 0 aliphatic carbocycles. The molecule has 0 saturated carbocycles. The lowest BCUT2D eigenvalue weighted by Crippen LogP contribution is -1.99. The van der Waals surface area contributed by atoms with E-state index in [0.717, 1.165) is 11.1 Å². The molecule has 10 heteroatoms. The number of nitrogens with one attached hydrogen (secondary N) is 2. The Kier molecular flexibility index (Phi) is 7.43. The van der Waals surface area contributed by atoms with E-state index in [0.29, 0.717) is 21.4 Å². The number of benzene rings is 3. The first kappa shape index (κ1) is 22.8. The molecule has 3 aromatic rings. The van der Waals surface area contributed by atoms with Gasteiger partial charge in [-0.15, -0.1) is 0 Å². The molecule has 32 heavy (non-hydrogen) atoms. The number of rotatable bonds is 8. The molecule has 0 aliphatic heterocycles. The van der Waals surface area contributed by atoms with Gasteiger partial charge in [-0.2, -0.15) is 10.2 Å². The van der Waals surface area contributed by atoms with Gasteiger partial charge in [-0.3, -0.25) is 10.9 Å². The van der Waals surface area contributed by atoms with E-state index in [-0.39, 0.29) is 11.1 Å². The molecule has 162 valence electrons. The number of hydrazone groups is 2. The number of carboxylic acids is 2. The number of halogens is 2. The van der Waals surface area contributed by atoms with Gasteiger partial charge in [-0.25, -0.2) is 9.59 Å². The second kappa shape index (κ2) is 10.4. The highest BCUT2D eigenvalue weighted by atomic mass is 35.5. The first-order valence-electron chi connectivity index (χ1n) is 9.07. The molecule has 0 bridgehead atoms. The number of nitrogens with zero attached hydrogens (tertiary/aromatic N) is 2. The van der Waals surface area contributed by atoms with Crippen molar-refractivity contribution >= 4 is 58.9 Å². The molecule has 0 aliphatic rings. The average molecular weight is 471 g/mol. The van der Waals surface area contributed by atoms with E-state index in [1.165, 1.54) is 36.4 Å². The molecule has 0 aromatic heterocycles. The van der Waals surface area contributed by atoms with Crippen LogP contribution in [0.15, 0.2) is 70.9 Å². The van der Waals surface area contributed by atoms with Gasteiger partial charge in [-0.05, 0) is 47.5 Å². The lowest BCUT2D eigenvalue weighted by Gasteiger charge is -2.05.